The Balaban J connectivity index is 2.34. The van der Waals surface area contributed by atoms with Crippen molar-refractivity contribution in [3.63, 3.8) is 0 Å². The molecule has 3 aromatic rings. The number of halogens is 4. The van der Waals surface area contributed by atoms with Crippen LogP contribution in [-0.4, -0.2) is 14.5 Å². The third-order valence-corrected chi connectivity index (χ3v) is 3.74. The molecular weight excluding hydrogens is 368 g/mol. The number of hydrogen-bond acceptors (Lipinski definition) is 2. The molecule has 102 valence electrons. The van der Waals surface area contributed by atoms with Crippen molar-refractivity contribution in [2.75, 3.05) is 0 Å². The maximum absolute atomic E-state index is 14.2. The van der Waals surface area contributed by atoms with E-state index in [2.05, 4.69) is 25.9 Å². The Labute approximate surface area is 132 Å². The molecule has 0 saturated heterocycles. The van der Waals surface area contributed by atoms with Gasteiger partial charge >= 0.3 is 0 Å². The van der Waals surface area contributed by atoms with Gasteiger partial charge in [0.1, 0.15) is 17.2 Å². The molecule has 0 spiro atoms. The van der Waals surface area contributed by atoms with E-state index in [1.807, 2.05) is 0 Å². The molecular formula is C13H7BrCl2FN3. The van der Waals surface area contributed by atoms with Crippen molar-refractivity contribution in [1.82, 2.24) is 14.5 Å². The van der Waals surface area contributed by atoms with Crippen LogP contribution in [0.25, 0.3) is 16.9 Å². The highest BCUT2D eigenvalue weighted by Gasteiger charge is 2.16. The molecule has 0 saturated carbocycles. The van der Waals surface area contributed by atoms with Gasteiger partial charge in [0.25, 0.3) is 0 Å². The average molecular weight is 375 g/mol. The summed E-state index contributed by atoms with van der Waals surface area (Å²) < 4.78 is 16.4. The maximum Gasteiger partial charge on any atom is 0.164 e. The predicted molar refractivity (Wildman–Crippen MR) is 81.1 cm³/mol. The zero-order valence-corrected chi connectivity index (χ0v) is 13.0. The summed E-state index contributed by atoms with van der Waals surface area (Å²) in [4.78, 5) is 8.56. The molecule has 1 aromatic carbocycles. The molecule has 3 rings (SSSR count). The van der Waals surface area contributed by atoms with Crippen LogP contribution in [0.15, 0.2) is 34.9 Å². The van der Waals surface area contributed by atoms with Crippen molar-refractivity contribution in [1.29, 1.82) is 0 Å². The van der Waals surface area contributed by atoms with Gasteiger partial charge in [-0.25, -0.2) is 14.4 Å². The molecule has 0 aliphatic carbocycles. The number of nitrogens with zero attached hydrogens (tertiary/aromatic N) is 3. The van der Waals surface area contributed by atoms with Crippen LogP contribution in [0.1, 0.15) is 5.82 Å². The van der Waals surface area contributed by atoms with E-state index >= 15 is 0 Å². The van der Waals surface area contributed by atoms with Gasteiger partial charge in [0.05, 0.1) is 16.6 Å². The lowest BCUT2D eigenvalue weighted by atomic mass is 10.3. The van der Waals surface area contributed by atoms with Crippen LogP contribution >= 0.6 is 39.1 Å². The van der Waals surface area contributed by atoms with Gasteiger partial charge in [-0.05, 0) is 24.3 Å². The molecule has 0 aliphatic heterocycles. The Kier molecular flexibility index (Phi) is 3.67. The van der Waals surface area contributed by atoms with E-state index in [9.17, 15) is 4.39 Å². The zero-order chi connectivity index (χ0) is 14.3. The summed E-state index contributed by atoms with van der Waals surface area (Å²) in [7, 11) is 0. The molecule has 0 N–H and O–H groups in total. The molecule has 3 nitrogen and oxygen atoms in total. The van der Waals surface area contributed by atoms with Crippen molar-refractivity contribution in [2.45, 2.75) is 5.88 Å². The van der Waals surface area contributed by atoms with E-state index in [1.165, 1.54) is 12.3 Å². The maximum atomic E-state index is 14.2. The molecule has 0 bridgehead atoms. The highest BCUT2D eigenvalue weighted by atomic mass is 79.9. The predicted octanol–water partition coefficient (Wildman–Crippen LogP) is 4.71. The Hall–Kier alpha value is -1.17. The lowest BCUT2D eigenvalue weighted by molar-refractivity contribution is 0.616. The summed E-state index contributed by atoms with van der Waals surface area (Å²) in [6.45, 7) is 0. The molecule has 20 heavy (non-hydrogen) atoms. The fourth-order valence-corrected chi connectivity index (χ4v) is 2.66. The van der Waals surface area contributed by atoms with Crippen molar-refractivity contribution in [2.24, 2.45) is 0 Å². The molecule has 0 unspecified atom stereocenters. The highest BCUT2D eigenvalue weighted by Crippen LogP contribution is 2.26. The Morgan fingerprint density at radius 2 is 2.10 bits per heavy atom. The Morgan fingerprint density at radius 1 is 1.30 bits per heavy atom. The number of fused-ring (bicyclic) bond motifs is 1. The van der Waals surface area contributed by atoms with E-state index in [-0.39, 0.29) is 11.7 Å². The summed E-state index contributed by atoms with van der Waals surface area (Å²) in [6, 6.07) is 6.45. The minimum atomic E-state index is -0.387. The minimum Gasteiger partial charge on any atom is -0.277 e. The first kappa shape index (κ1) is 13.8. The van der Waals surface area contributed by atoms with Gasteiger partial charge in [0, 0.05) is 10.7 Å². The first-order chi connectivity index (χ1) is 9.60. The Morgan fingerprint density at radius 3 is 2.80 bits per heavy atom. The van der Waals surface area contributed by atoms with Crippen LogP contribution in [0.2, 0.25) is 5.02 Å². The van der Waals surface area contributed by atoms with Crippen LogP contribution < -0.4 is 0 Å². The summed E-state index contributed by atoms with van der Waals surface area (Å²) >= 11 is 15.0. The molecule has 7 heteroatoms. The second-order valence-corrected chi connectivity index (χ2v) is 5.71. The number of hydrogen-bond donors (Lipinski definition) is 0. The second kappa shape index (κ2) is 5.31. The number of imidazole rings is 1. The lowest BCUT2D eigenvalue weighted by Gasteiger charge is -2.08. The van der Waals surface area contributed by atoms with Crippen molar-refractivity contribution >= 4 is 50.3 Å². The summed E-state index contributed by atoms with van der Waals surface area (Å²) in [5.41, 5.74) is 1.45. The van der Waals surface area contributed by atoms with E-state index < -0.39 is 0 Å². The number of alkyl halides is 1. The molecule has 0 fully saturated rings. The quantitative estimate of drug-likeness (QED) is 0.608. The van der Waals surface area contributed by atoms with E-state index in [4.69, 9.17) is 23.2 Å². The van der Waals surface area contributed by atoms with Gasteiger partial charge < -0.3 is 0 Å². The molecule has 2 aromatic heterocycles. The Bertz CT molecular complexity index is 804. The van der Waals surface area contributed by atoms with Crippen LogP contribution in [0.3, 0.4) is 0 Å². The summed E-state index contributed by atoms with van der Waals surface area (Å²) in [5, 5.41) is 0.472. The SMILES string of the molecule is Fc1cc(Br)ccc1-n1c(CCl)nc2cc(Cl)cnc21. The van der Waals surface area contributed by atoms with Crippen molar-refractivity contribution in [3.8, 4) is 5.69 Å². The van der Waals surface area contributed by atoms with Crippen LogP contribution in [0.5, 0.6) is 0 Å². The average Bonchev–Trinajstić information content (AvgIpc) is 2.76. The largest absolute Gasteiger partial charge is 0.277 e. The third-order valence-electron chi connectivity index (χ3n) is 2.80. The molecule has 0 amide bonds. The fourth-order valence-electron chi connectivity index (χ4n) is 1.99. The molecule has 0 aliphatic rings. The van der Waals surface area contributed by atoms with Gasteiger partial charge in [-0.2, -0.15) is 0 Å². The van der Waals surface area contributed by atoms with Crippen molar-refractivity contribution < 1.29 is 4.39 Å². The lowest BCUT2D eigenvalue weighted by Crippen LogP contribution is -2.03. The van der Waals surface area contributed by atoms with E-state index in [1.54, 1.807) is 22.8 Å². The molecule has 0 radical (unpaired) electrons. The second-order valence-electron chi connectivity index (χ2n) is 4.09. The number of rotatable bonds is 2. The molecule has 0 atom stereocenters. The number of aromatic nitrogens is 3. The normalized spacial score (nSPS) is 11.2. The number of pyridine rings is 1. The highest BCUT2D eigenvalue weighted by molar-refractivity contribution is 9.10. The summed E-state index contributed by atoms with van der Waals surface area (Å²) in [5.74, 6) is 0.267. The summed E-state index contributed by atoms with van der Waals surface area (Å²) in [6.07, 6.45) is 1.50. The number of benzene rings is 1. The van der Waals surface area contributed by atoms with Crippen LogP contribution in [-0.2, 0) is 5.88 Å². The smallest absolute Gasteiger partial charge is 0.164 e. The van der Waals surface area contributed by atoms with Gasteiger partial charge in [-0.3, -0.25) is 4.57 Å². The zero-order valence-electron chi connectivity index (χ0n) is 9.95. The van der Waals surface area contributed by atoms with E-state index in [0.29, 0.717) is 32.2 Å². The van der Waals surface area contributed by atoms with Crippen molar-refractivity contribution in [3.05, 3.63) is 51.6 Å². The van der Waals surface area contributed by atoms with Crippen LogP contribution in [0, 0.1) is 5.82 Å². The van der Waals surface area contributed by atoms with E-state index in [0.717, 1.165) is 0 Å². The fraction of sp³-hybridized carbons (Fsp3) is 0.0769. The topological polar surface area (TPSA) is 30.7 Å². The minimum absolute atomic E-state index is 0.142. The third kappa shape index (κ3) is 2.30. The standard InChI is InChI=1S/C13H7BrCl2FN3/c14-7-1-2-11(9(17)3-7)20-12(5-15)19-10-4-8(16)6-18-13(10)20/h1-4,6H,5H2. The first-order valence-electron chi connectivity index (χ1n) is 5.64. The van der Waals surface area contributed by atoms with Crippen LogP contribution in [0.4, 0.5) is 4.39 Å². The van der Waals surface area contributed by atoms with Gasteiger partial charge in [-0.1, -0.05) is 27.5 Å². The monoisotopic (exact) mass is 373 g/mol. The first-order valence-corrected chi connectivity index (χ1v) is 7.35. The van der Waals surface area contributed by atoms with Gasteiger partial charge in [0.15, 0.2) is 5.65 Å². The van der Waals surface area contributed by atoms with Gasteiger partial charge in [0.2, 0.25) is 0 Å². The van der Waals surface area contributed by atoms with Gasteiger partial charge in [-0.15, -0.1) is 11.6 Å². The molecule has 2 heterocycles.